The van der Waals surface area contributed by atoms with Gasteiger partial charge in [-0.2, -0.15) is 0 Å². The molecule has 26 heavy (non-hydrogen) atoms. The maximum atomic E-state index is 13.1. The molecule has 0 atom stereocenters. The highest BCUT2D eigenvalue weighted by Gasteiger charge is 2.16. The normalized spacial score (nSPS) is 10.5. The molecule has 0 bridgehead atoms. The van der Waals surface area contributed by atoms with E-state index in [1.807, 2.05) is 41.3 Å². The van der Waals surface area contributed by atoms with Crippen molar-refractivity contribution in [2.45, 2.75) is 33.4 Å². The number of nitrogens with zero attached hydrogens (tertiary/aromatic N) is 1. The van der Waals surface area contributed by atoms with Crippen LogP contribution in [0.3, 0.4) is 0 Å². The van der Waals surface area contributed by atoms with E-state index in [1.165, 1.54) is 11.1 Å². The molecule has 0 N–H and O–H groups in total. The van der Waals surface area contributed by atoms with Gasteiger partial charge in [-0.15, -0.1) is 0 Å². The summed E-state index contributed by atoms with van der Waals surface area (Å²) in [7, 11) is 0. The van der Waals surface area contributed by atoms with E-state index < -0.39 is 0 Å². The van der Waals surface area contributed by atoms with Gasteiger partial charge in [0.25, 0.3) is 0 Å². The number of hydrogen-bond donors (Lipinski definition) is 0. The number of hydrogen-bond acceptors (Lipinski definition) is 1. The molecule has 0 aromatic heterocycles. The van der Waals surface area contributed by atoms with Gasteiger partial charge in [-0.3, -0.25) is 4.79 Å². The van der Waals surface area contributed by atoms with Gasteiger partial charge in [0.15, 0.2) is 0 Å². The van der Waals surface area contributed by atoms with Crippen LogP contribution in [0.2, 0.25) is 0 Å². The van der Waals surface area contributed by atoms with Gasteiger partial charge < -0.3 is 4.90 Å². The first-order chi connectivity index (χ1) is 12.6. The first kappa shape index (κ1) is 17.9. The Morgan fingerprint density at radius 3 is 1.81 bits per heavy atom. The molecule has 0 radical (unpaired) electrons. The van der Waals surface area contributed by atoms with Gasteiger partial charge in [-0.25, -0.2) is 0 Å². The van der Waals surface area contributed by atoms with Crippen LogP contribution in [0.1, 0.15) is 27.8 Å². The van der Waals surface area contributed by atoms with Crippen molar-refractivity contribution < 1.29 is 4.79 Å². The SMILES string of the molecule is Cc1ccc(CC(=O)N(Cc2ccccc2)Cc2ccccc2)c(C)c1. The van der Waals surface area contributed by atoms with Crippen LogP contribution in [0.15, 0.2) is 78.9 Å². The molecule has 0 spiro atoms. The lowest BCUT2D eigenvalue weighted by molar-refractivity contribution is -0.131. The zero-order chi connectivity index (χ0) is 18.4. The summed E-state index contributed by atoms with van der Waals surface area (Å²) in [5.74, 6) is 0.157. The smallest absolute Gasteiger partial charge is 0.227 e. The van der Waals surface area contributed by atoms with Crippen LogP contribution in [-0.4, -0.2) is 10.8 Å². The van der Waals surface area contributed by atoms with E-state index >= 15 is 0 Å². The second-order valence-corrected chi connectivity index (χ2v) is 6.83. The number of benzene rings is 3. The van der Waals surface area contributed by atoms with E-state index in [0.717, 1.165) is 16.7 Å². The summed E-state index contributed by atoms with van der Waals surface area (Å²) >= 11 is 0. The molecule has 132 valence electrons. The quantitative estimate of drug-likeness (QED) is 0.611. The fourth-order valence-electron chi connectivity index (χ4n) is 3.16. The highest BCUT2D eigenvalue weighted by atomic mass is 16.2. The number of carbonyl (C=O) groups is 1. The highest BCUT2D eigenvalue weighted by Crippen LogP contribution is 2.16. The Morgan fingerprint density at radius 1 is 0.769 bits per heavy atom. The number of carbonyl (C=O) groups excluding carboxylic acids is 1. The number of rotatable bonds is 6. The standard InChI is InChI=1S/C24H25NO/c1-19-13-14-23(20(2)15-19)16-24(26)25(17-21-9-5-3-6-10-21)18-22-11-7-4-8-12-22/h3-15H,16-18H2,1-2H3. The molecule has 0 saturated carbocycles. The molecule has 0 aliphatic heterocycles. The molecular weight excluding hydrogens is 318 g/mol. The minimum absolute atomic E-state index is 0.157. The molecule has 3 aromatic rings. The molecule has 2 heteroatoms. The van der Waals surface area contributed by atoms with E-state index in [0.29, 0.717) is 19.5 Å². The minimum Gasteiger partial charge on any atom is -0.334 e. The summed E-state index contributed by atoms with van der Waals surface area (Å²) in [4.78, 5) is 15.0. The van der Waals surface area contributed by atoms with Crippen LogP contribution in [-0.2, 0) is 24.3 Å². The number of amides is 1. The molecule has 0 fully saturated rings. The molecule has 0 aliphatic carbocycles. The highest BCUT2D eigenvalue weighted by molar-refractivity contribution is 5.79. The van der Waals surface area contributed by atoms with Crippen molar-refractivity contribution in [2.24, 2.45) is 0 Å². The predicted octanol–water partition coefficient (Wildman–Crippen LogP) is 5.07. The topological polar surface area (TPSA) is 20.3 Å². The number of aryl methyl sites for hydroxylation is 2. The van der Waals surface area contributed by atoms with Gasteiger partial charge >= 0.3 is 0 Å². The first-order valence-corrected chi connectivity index (χ1v) is 9.03. The zero-order valence-electron chi connectivity index (χ0n) is 15.5. The molecule has 0 aliphatic rings. The molecule has 0 unspecified atom stereocenters. The van der Waals surface area contributed by atoms with E-state index in [-0.39, 0.29) is 5.91 Å². The molecule has 2 nitrogen and oxygen atoms in total. The molecule has 3 rings (SSSR count). The largest absolute Gasteiger partial charge is 0.334 e. The minimum atomic E-state index is 0.157. The monoisotopic (exact) mass is 343 g/mol. The van der Waals surface area contributed by atoms with Gasteiger partial charge in [0.05, 0.1) is 6.42 Å². The van der Waals surface area contributed by atoms with Crippen molar-refractivity contribution in [2.75, 3.05) is 0 Å². The summed E-state index contributed by atoms with van der Waals surface area (Å²) in [6.07, 6.45) is 0.436. The predicted molar refractivity (Wildman–Crippen MR) is 107 cm³/mol. The van der Waals surface area contributed by atoms with E-state index in [2.05, 4.69) is 56.3 Å². The van der Waals surface area contributed by atoms with Crippen molar-refractivity contribution in [1.82, 2.24) is 4.90 Å². The van der Waals surface area contributed by atoms with E-state index in [9.17, 15) is 4.79 Å². The molecular formula is C24H25NO. The molecule has 0 heterocycles. The molecule has 3 aromatic carbocycles. The van der Waals surface area contributed by atoms with Gasteiger partial charge in [-0.1, -0.05) is 84.4 Å². The van der Waals surface area contributed by atoms with E-state index in [4.69, 9.17) is 0 Å². The maximum Gasteiger partial charge on any atom is 0.227 e. The van der Waals surface area contributed by atoms with Crippen molar-refractivity contribution in [1.29, 1.82) is 0 Å². The van der Waals surface area contributed by atoms with Gasteiger partial charge in [0.1, 0.15) is 0 Å². The Morgan fingerprint density at radius 2 is 1.31 bits per heavy atom. The second kappa shape index (κ2) is 8.48. The van der Waals surface area contributed by atoms with Crippen LogP contribution in [0, 0.1) is 13.8 Å². The van der Waals surface area contributed by atoms with Crippen LogP contribution >= 0.6 is 0 Å². The van der Waals surface area contributed by atoms with Crippen molar-refractivity contribution in [3.05, 3.63) is 107 Å². The van der Waals surface area contributed by atoms with Crippen LogP contribution in [0.25, 0.3) is 0 Å². The Hall–Kier alpha value is -2.87. The third-order valence-electron chi connectivity index (χ3n) is 4.62. The third-order valence-corrected chi connectivity index (χ3v) is 4.62. The van der Waals surface area contributed by atoms with Crippen LogP contribution in [0.5, 0.6) is 0 Å². The van der Waals surface area contributed by atoms with Gasteiger partial charge in [0.2, 0.25) is 5.91 Å². The third kappa shape index (κ3) is 4.82. The summed E-state index contributed by atoms with van der Waals surface area (Å²) < 4.78 is 0. The lowest BCUT2D eigenvalue weighted by atomic mass is 10.0. The fraction of sp³-hybridized carbons (Fsp3) is 0.208. The molecule has 0 saturated heterocycles. The van der Waals surface area contributed by atoms with Gasteiger partial charge in [-0.05, 0) is 36.1 Å². The summed E-state index contributed by atoms with van der Waals surface area (Å²) in [6, 6.07) is 26.7. The fourth-order valence-corrected chi connectivity index (χ4v) is 3.16. The summed E-state index contributed by atoms with van der Waals surface area (Å²) in [6.45, 7) is 5.41. The maximum absolute atomic E-state index is 13.1. The van der Waals surface area contributed by atoms with Crippen LogP contribution in [0.4, 0.5) is 0 Å². The van der Waals surface area contributed by atoms with Crippen molar-refractivity contribution in [3.8, 4) is 0 Å². The first-order valence-electron chi connectivity index (χ1n) is 9.03. The second-order valence-electron chi connectivity index (χ2n) is 6.83. The Balaban J connectivity index is 1.80. The Kier molecular flexibility index (Phi) is 5.85. The summed E-state index contributed by atoms with van der Waals surface area (Å²) in [5, 5.41) is 0. The molecule has 1 amide bonds. The van der Waals surface area contributed by atoms with E-state index in [1.54, 1.807) is 0 Å². The Bertz CT molecular complexity index is 814. The Labute approximate surface area is 156 Å². The van der Waals surface area contributed by atoms with Crippen molar-refractivity contribution >= 4 is 5.91 Å². The average Bonchev–Trinajstić information content (AvgIpc) is 2.65. The van der Waals surface area contributed by atoms with Crippen LogP contribution < -0.4 is 0 Å². The summed E-state index contributed by atoms with van der Waals surface area (Å²) in [5.41, 5.74) is 5.81. The van der Waals surface area contributed by atoms with Crippen molar-refractivity contribution in [3.63, 3.8) is 0 Å². The lowest BCUT2D eigenvalue weighted by Gasteiger charge is -2.24. The van der Waals surface area contributed by atoms with Gasteiger partial charge in [0, 0.05) is 13.1 Å². The zero-order valence-corrected chi connectivity index (χ0v) is 15.5. The average molecular weight is 343 g/mol. The lowest BCUT2D eigenvalue weighted by Crippen LogP contribution is -2.31.